The zero-order valence-corrected chi connectivity index (χ0v) is 14.5. The highest BCUT2D eigenvalue weighted by Gasteiger charge is 2.11. The van der Waals surface area contributed by atoms with Crippen LogP contribution in [-0.4, -0.2) is 29.5 Å². The Kier molecular flexibility index (Phi) is 6.40. The lowest BCUT2D eigenvalue weighted by atomic mass is 10.2. The summed E-state index contributed by atoms with van der Waals surface area (Å²) in [5.74, 6) is 2.93. The molecule has 0 bridgehead atoms. The minimum absolute atomic E-state index is 0.00882. The molecule has 124 valence electrons. The number of rotatable bonds is 6. The van der Waals surface area contributed by atoms with E-state index in [0.717, 1.165) is 16.4 Å². The first-order chi connectivity index (χ1) is 11.1. The summed E-state index contributed by atoms with van der Waals surface area (Å²) in [4.78, 5) is 5.03. The molecular formula is C17H23N3O2S. The van der Waals surface area contributed by atoms with E-state index in [1.54, 1.807) is 7.05 Å². The average molecular weight is 333 g/mol. The lowest BCUT2D eigenvalue weighted by Gasteiger charge is -2.16. The van der Waals surface area contributed by atoms with Crippen LogP contribution in [0.15, 0.2) is 56.8 Å². The summed E-state index contributed by atoms with van der Waals surface area (Å²) in [5, 5.41) is 6.44. The van der Waals surface area contributed by atoms with E-state index >= 15 is 0 Å². The Labute approximate surface area is 139 Å². The second-order valence-corrected chi connectivity index (χ2v) is 6.75. The van der Waals surface area contributed by atoms with Crippen LogP contribution in [0.2, 0.25) is 0 Å². The highest BCUT2D eigenvalue weighted by Crippen LogP contribution is 2.15. The number of hydrogen-bond acceptors (Lipinski definition) is 3. The summed E-state index contributed by atoms with van der Waals surface area (Å²) in [6, 6.07) is 13.4. The molecular weight excluding hydrogens is 310 g/mol. The number of hydrogen-bond donors (Lipinski definition) is 2. The van der Waals surface area contributed by atoms with E-state index in [1.165, 1.54) is 0 Å². The Morgan fingerprint density at radius 3 is 2.61 bits per heavy atom. The van der Waals surface area contributed by atoms with Gasteiger partial charge in [-0.2, -0.15) is 0 Å². The maximum atomic E-state index is 12.2. The van der Waals surface area contributed by atoms with Crippen LogP contribution in [0.1, 0.15) is 24.5 Å². The summed E-state index contributed by atoms with van der Waals surface area (Å²) >= 11 is 0. The van der Waals surface area contributed by atoms with Gasteiger partial charge in [0.05, 0.1) is 16.8 Å². The number of nitrogens with one attached hydrogen (secondary N) is 2. The third-order valence-electron chi connectivity index (χ3n) is 3.35. The molecule has 2 atom stereocenters. The average Bonchev–Trinajstić information content (AvgIpc) is 3.01. The summed E-state index contributed by atoms with van der Waals surface area (Å²) in [7, 11) is 0.701. The molecule has 0 aliphatic carbocycles. The van der Waals surface area contributed by atoms with Gasteiger partial charge in [0.25, 0.3) is 0 Å². The van der Waals surface area contributed by atoms with Gasteiger partial charge < -0.3 is 15.1 Å². The summed E-state index contributed by atoms with van der Waals surface area (Å²) < 4.78 is 17.8. The lowest BCUT2D eigenvalue weighted by Crippen LogP contribution is -2.40. The fraction of sp³-hybridized carbons (Fsp3) is 0.353. The van der Waals surface area contributed by atoms with Gasteiger partial charge in [-0.05, 0) is 38.1 Å². The molecule has 0 radical (unpaired) electrons. The van der Waals surface area contributed by atoms with Gasteiger partial charge in [-0.3, -0.25) is 9.20 Å². The van der Waals surface area contributed by atoms with E-state index < -0.39 is 10.8 Å². The van der Waals surface area contributed by atoms with Crippen LogP contribution in [0.3, 0.4) is 0 Å². The van der Waals surface area contributed by atoms with E-state index in [4.69, 9.17) is 4.42 Å². The maximum Gasteiger partial charge on any atom is 0.191 e. The molecule has 2 aromatic rings. The predicted molar refractivity (Wildman–Crippen MR) is 94.1 cm³/mol. The van der Waals surface area contributed by atoms with E-state index in [1.807, 2.05) is 56.3 Å². The lowest BCUT2D eigenvalue weighted by molar-refractivity contribution is 0.441. The molecule has 0 aliphatic rings. The van der Waals surface area contributed by atoms with Crippen LogP contribution < -0.4 is 10.6 Å². The Hall–Kier alpha value is -2.08. The molecule has 6 heteroatoms. The molecule has 23 heavy (non-hydrogen) atoms. The monoisotopic (exact) mass is 333 g/mol. The van der Waals surface area contributed by atoms with E-state index in [9.17, 15) is 4.21 Å². The number of aliphatic imine (C=N–C) groups is 1. The van der Waals surface area contributed by atoms with Gasteiger partial charge in [-0.15, -0.1) is 0 Å². The summed E-state index contributed by atoms with van der Waals surface area (Å²) in [6.07, 6.45) is 0. The third-order valence-corrected chi connectivity index (χ3v) is 4.72. The van der Waals surface area contributed by atoms with Crippen molar-refractivity contribution in [3.8, 4) is 0 Å². The second-order valence-electron chi connectivity index (χ2n) is 5.18. The molecule has 0 fully saturated rings. The first-order valence-corrected chi connectivity index (χ1v) is 8.89. The quantitative estimate of drug-likeness (QED) is 0.630. The summed E-state index contributed by atoms with van der Waals surface area (Å²) in [5.41, 5.74) is 0. The number of nitrogens with zero attached hydrogens (tertiary/aromatic N) is 1. The van der Waals surface area contributed by atoms with E-state index in [0.29, 0.717) is 18.3 Å². The van der Waals surface area contributed by atoms with Gasteiger partial charge in [0.1, 0.15) is 11.5 Å². The van der Waals surface area contributed by atoms with Crippen molar-refractivity contribution in [3.05, 3.63) is 54.0 Å². The van der Waals surface area contributed by atoms with Crippen molar-refractivity contribution in [1.82, 2.24) is 10.6 Å². The van der Waals surface area contributed by atoms with Crippen molar-refractivity contribution in [2.45, 2.75) is 24.8 Å². The third kappa shape index (κ3) is 5.25. The largest absolute Gasteiger partial charge is 0.464 e. The Morgan fingerprint density at radius 2 is 2.00 bits per heavy atom. The molecule has 5 nitrogen and oxygen atoms in total. The van der Waals surface area contributed by atoms with Crippen molar-refractivity contribution in [1.29, 1.82) is 0 Å². The van der Waals surface area contributed by atoms with Gasteiger partial charge in [-0.25, -0.2) is 0 Å². The number of guanidine groups is 1. The first-order valence-electron chi connectivity index (χ1n) is 7.57. The van der Waals surface area contributed by atoms with E-state index in [-0.39, 0.29) is 6.04 Å². The number of aryl methyl sites for hydroxylation is 1. The van der Waals surface area contributed by atoms with Crippen molar-refractivity contribution < 1.29 is 8.63 Å². The van der Waals surface area contributed by atoms with Crippen LogP contribution in [0, 0.1) is 6.92 Å². The minimum Gasteiger partial charge on any atom is -0.464 e. The van der Waals surface area contributed by atoms with Gasteiger partial charge in [0, 0.05) is 24.2 Å². The molecule has 1 aromatic heterocycles. The molecule has 0 aliphatic heterocycles. The van der Waals surface area contributed by atoms with Crippen molar-refractivity contribution >= 4 is 16.8 Å². The molecule has 2 unspecified atom stereocenters. The van der Waals surface area contributed by atoms with E-state index in [2.05, 4.69) is 15.6 Å². The van der Waals surface area contributed by atoms with Crippen LogP contribution in [0.5, 0.6) is 0 Å². The van der Waals surface area contributed by atoms with Crippen molar-refractivity contribution in [3.63, 3.8) is 0 Å². The van der Waals surface area contributed by atoms with Crippen molar-refractivity contribution in [2.24, 2.45) is 4.99 Å². The molecule has 1 heterocycles. The van der Waals surface area contributed by atoms with Gasteiger partial charge in [0.15, 0.2) is 5.96 Å². The molecule has 1 aromatic carbocycles. The van der Waals surface area contributed by atoms with Crippen LogP contribution in [0.25, 0.3) is 0 Å². The smallest absolute Gasteiger partial charge is 0.191 e. The number of benzene rings is 1. The normalized spacial score (nSPS) is 14.3. The highest BCUT2D eigenvalue weighted by molar-refractivity contribution is 7.85. The van der Waals surface area contributed by atoms with Crippen LogP contribution in [-0.2, 0) is 10.8 Å². The molecule has 0 amide bonds. The molecule has 2 rings (SSSR count). The fourth-order valence-corrected chi connectivity index (χ4v) is 3.09. The maximum absolute atomic E-state index is 12.2. The zero-order valence-electron chi connectivity index (χ0n) is 13.7. The molecule has 0 spiro atoms. The summed E-state index contributed by atoms with van der Waals surface area (Å²) in [6.45, 7) is 4.50. The van der Waals surface area contributed by atoms with Gasteiger partial charge in [0.2, 0.25) is 0 Å². The van der Waals surface area contributed by atoms with Gasteiger partial charge in [-0.1, -0.05) is 18.2 Å². The zero-order chi connectivity index (χ0) is 16.7. The van der Waals surface area contributed by atoms with Crippen molar-refractivity contribution in [2.75, 3.05) is 19.3 Å². The Morgan fingerprint density at radius 1 is 1.26 bits per heavy atom. The van der Waals surface area contributed by atoms with Gasteiger partial charge >= 0.3 is 0 Å². The SMILES string of the molecule is CN=C(NCCS(=O)c1ccccc1)NC(C)c1ccc(C)o1. The minimum atomic E-state index is -1.01. The Bertz CT molecular complexity index is 667. The van der Waals surface area contributed by atoms with Crippen LogP contribution >= 0.6 is 0 Å². The fourth-order valence-electron chi connectivity index (χ4n) is 2.11. The predicted octanol–water partition coefficient (Wildman–Crippen LogP) is 2.62. The standard InChI is InChI=1S/C17H23N3O2S/c1-13-9-10-16(22-13)14(2)20-17(18-3)19-11-12-23(21)15-7-5-4-6-8-15/h4-10,14H,11-12H2,1-3H3,(H2,18,19,20). The first kappa shape index (κ1) is 17.3. The highest BCUT2D eigenvalue weighted by atomic mass is 32.2. The number of furan rings is 1. The second kappa shape index (κ2) is 8.53. The molecule has 2 N–H and O–H groups in total. The molecule has 0 saturated carbocycles. The Balaban J connectivity index is 1.80. The van der Waals surface area contributed by atoms with Crippen LogP contribution in [0.4, 0.5) is 0 Å². The molecule has 0 saturated heterocycles. The topological polar surface area (TPSA) is 66.6 Å².